The number of fused-ring (bicyclic) bond motifs is 7. The zero-order chi connectivity index (χ0) is 33.7. The third-order valence-electron chi connectivity index (χ3n) is 10.1. The van der Waals surface area contributed by atoms with Gasteiger partial charge < -0.3 is 34.8 Å². The molecular formula is C37H42N4O6. The van der Waals surface area contributed by atoms with E-state index in [2.05, 4.69) is 66.7 Å². The van der Waals surface area contributed by atoms with E-state index in [1.165, 1.54) is 12.7 Å². The molecule has 1 fully saturated rings. The molecule has 0 radical (unpaired) electrons. The number of ether oxygens (including phenoxy) is 2. The van der Waals surface area contributed by atoms with Crippen LogP contribution in [0.15, 0.2) is 18.0 Å². The number of allylic oxidation sites excluding steroid dienone is 2. The fraction of sp³-hybridized carbons (Fsp3) is 0.378. The smallest absolute Gasteiger partial charge is 0.321 e. The zero-order valence-corrected chi connectivity index (χ0v) is 27.8. The highest BCUT2D eigenvalue weighted by molar-refractivity contribution is 6.24. The van der Waals surface area contributed by atoms with Crippen LogP contribution in [0.4, 0.5) is 0 Å². The number of methoxy groups -OCH3 is 1. The Balaban J connectivity index is 1.67. The summed E-state index contributed by atoms with van der Waals surface area (Å²) in [6, 6.07) is 0. The summed E-state index contributed by atoms with van der Waals surface area (Å²) in [5.41, 5.74) is 10.9. The maximum absolute atomic E-state index is 14.1. The molecule has 3 aromatic rings. The number of hydrogen-bond donors (Lipinski definition) is 5. The van der Waals surface area contributed by atoms with Crippen molar-refractivity contribution in [3.8, 4) is 0 Å². The van der Waals surface area contributed by atoms with Crippen LogP contribution >= 0.6 is 0 Å². The van der Waals surface area contributed by atoms with E-state index in [9.17, 15) is 14.4 Å². The minimum atomic E-state index is -1.16. The molecule has 5 heterocycles. The van der Waals surface area contributed by atoms with Crippen LogP contribution in [0.3, 0.4) is 0 Å². The molecule has 47 heavy (non-hydrogen) atoms. The number of Topliss-reactive ketones (excluding diaryl/α,β-unsaturated/α-hetero) is 1. The maximum Gasteiger partial charge on any atom is 0.321 e. The fourth-order valence-electron chi connectivity index (χ4n) is 7.50. The van der Waals surface area contributed by atoms with E-state index in [0.717, 1.165) is 62.2 Å². The summed E-state index contributed by atoms with van der Waals surface area (Å²) in [4.78, 5) is 50.8. The average molecular weight is 639 g/mol. The summed E-state index contributed by atoms with van der Waals surface area (Å²) in [7, 11) is 1.29. The summed E-state index contributed by atoms with van der Waals surface area (Å²) in [6.07, 6.45) is 9.38. The Labute approximate surface area is 273 Å². The van der Waals surface area contributed by atoms with Gasteiger partial charge in [-0.15, -0.1) is 0 Å². The molecule has 3 aliphatic rings. The van der Waals surface area contributed by atoms with E-state index in [-0.39, 0.29) is 37.3 Å². The lowest BCUT2D eigenvalue weighted by molar-refractivity contribution is -0.145. The van der Waals surface area contributed by atoms with Crippen LogP contribution in [0, 0.1) is 38.5 Å². The molecule has 10 heteroatoms. The van der Waals surface area contributed by atoms with Gasteiger partial charge in [-0.05, 0) is 74.1 Å². The van der Waals surface area contributed by atoms with Gasteiger partial charge in [0.15, 0.2) is 5.78 Å². The quantitative estimate of drug-likeness (QED) is 0.187. The van der Waals surface area contributed by atoms with Crippen LogP contribution in [-0.2, 0) is 25.5 Å². The second-order valence-electron chi connectivity index (χ2n) is 12.6. The summed E-state index contributed by atoms with van der Waals surface area (Å²) in [5.74, 6) is -2.89. The molecule has 6 rings (SSSR count). The minimum Gasteiger partial charge on any atom is -0.468 e. The fourth-order valence-corrected chi connectivity index (χ4v) is 7.50. The number of esters is 2. The lowest BCUT2D eigenvalue weighted by atomic mass is 9.85. The van der Waals surface area contributed by atoms with Gasteiger partial charge in [-0.1, -0.05) is 26.5 Å². The number of nitrogens with one attached hydrogen (secondary N) is 4. The van der Waals surface area contributed by atoms with Gasteiger partial charge in [0, 0.05) is 74.1 Å². The number of rotatable bonds is 8. The summed E-state index contributed by atoms with van der Waals surface area (Å²) >= 11 is 0. The second-order valence-corrected chi connectivity index (χ2v) is 12.6. The molecule has 8 bridgehead atoms. The average Bonchev–Trinajstić information content (AvgIpc) is 3.79. The number of hydrogen-bond acceptors (Lipinski definition) is 7. The van der Waals surface area contributed by atoms with E-state index in [1.54, 1.807) is 0 Å². The Bertz CT molecular complexity index is 2020. The predicted molar refractivity (Wildman–Crippen MR) is 180 cm³/mol. The summed E-state index contributed by atoms with van der Waals surface area (Å²) in [5, 5.41) is 14.7. The highest BCUT2D eigenvalue weighted by atomic mass is 16.5. The number of H-pyrrole nitrogens is 3. The molecule has 1 saturated heterocycles. The van der Waals surface area contributed by atoms with Crippen LogP contribution in [0.2, 0.25) is 0 Å². The Morgan fingerprint density at radius 3 is 2.40 bits per heavy atom. The first-order chi connectivity index (χ1) is 22.5. The van der Waals surface area contributed by atoms with Gasteiger partial charge in [0.05, 0.1) is 19.4 Å². The molecule has 0 amide bonds. The molecule has 246 valence electrons. The van der Waals surface area contributed by atoms with Gasteiger partial charge in [0.25, 0.3) is 0 Å². The lowest BCUT2D eigenvalue weighted by Crippen LogP contribution is -2.25. The predicted octanol–water partition coefficient (Wildman–Crippen LogP) is 3.68. The summed E-state index contributed by atoms with van der Waals surface area (Å²) < 4.78 is 10.4. The first-order valence-corrected chi connectivity index (χ1v) is 16.1. The van der Waals surface area contributed by atoms with Gasteiger partial charge >= 0.3 is 11.9 Å². The highest BCUT2D eigenvalue weighted by Gasteiger charge is 2.48. The number of aromatic amines is 3. The molecular weight excluding hydrogens is 596 g/mol. The topological polar surface area (TPSA) is 149 Å². The molecule has 2 aliphatic heterocycles. The van der Waals surface area contributed by atoms with Crippen molar-refractivity contribution in [1.82, 2.24) is 20.3 Å². The number of carbonyl (C=O) groups excluding carboxylic acids is 3. The Morgan fingerprint density at radius 2 is 1.72 bits per heavy atom. The normalized spacial score (nSPS) is 23.7. The van der Waals surface area contributed by atoms with Gasteiger partial charge in [0.2, 0.25) is 0 Å². The number of carbonyl (C=O) groups is 3. The van der Waals surface area contributed by atoms with Crippen LogP contribution in [0.5, 0.6) is 0 Å². The Hall–Kier alpha value is -4.83. The Morgan fingerprint density at radius 1 is 1.00 bits per heavy atom. The van der Waals surface area contributed by atoms with Gasteiger partial charge in [-0.2, -0.15) is 0 Å². The first-order valence-electron chi connectivity index (χ1n) is 16.1. The first kappa shape index (κ1) is 32.1. The maximum atomic E-state index is 14.1. The van der Waals surface area contributed by atoms with Crippen molar-refractivity contribution in [1.29, 1.82) is 0 Å². The van der Waals surface area contributed by atoms with E-state index < -0.39 is 17.9 Å². The minimum absolute atomic E-state index is 0.0712. The van der Waals surface area contributed by atoms with Crippen LogP contribution in [0.1, 0.15) is 87.6 Å². The van der Waals surface area contributed by atoms with E-state index in [1.807, 2.05) is 19.1 Å². The number of aromatic nitrogens is 3. The molecule has 0 aromatic carbocycles. The molecule has 1 aliphatic carbocycles. The number of aliphatic hydroxyl groups excluding tert-OH is 1. The molecule has 0 unspecified atom stereocenters. The van der Waals surface area contributed by atoms with Crippen molar-refractivity contribution in [3.63, 3.8) is 0 Å². The van der Waals surface area contributed by atoms with Crippen molar-refractivity contribution in [2.24, 2.45) is 17.8 Å². The van der Waals surface area contributed by atoms with E-state index in [4.69, 9.17) is 14.6 Å². The molecule has 3 aromatic heterocycles. The van der Waals surface area contributed by atoms with Crippen molar-refractivity contribution < 1.29 is 29.0 Å². The van der Waals surface area contributed by atoms with Gasteiger partial charge in [0.1, 0.15) is 12.5 Å². The molecule has 3 atom stereocenters. The summed E-state index contributed by atoms with van der Waals surface area (Å²) in [6.45, 7) is 14.0. The SMILES string of the molecule is C=Cc1c2[nH]c(c1C)/C=C1\N/C(=C3\c4[nH]c(c(C)c4C(=O)[C@@H]3C(=O)OC)/C=c3\[nH]/c(c(C)c3CC)=C\2)[C@@H](CCC(=O)OCCO)[C@@H]1C. The molecule has 5 N–H and O–H groups in total. The zero-order valence-electron chi connectivity index (χ0n) is 27.8. The largest absolute Gasteiger partial charge is 0.468 e. The van der Waals surface area contributed by atoms with Crippen molar-refractivity contribution in [2.75, 3.05) is 20.3 Å². The lowest BCUT2D eigenvalue weighted by Gasteiger charge is -2.19. The monoisotopic (exact) mass is 638 g/mol. The highest BCUT2D eigenvalue weighted by Crippen LogP contribution is 2.48. The number of aliphatic hydroxyl groups is 1. The standard InChI is InChI=1S/C37H42N4O6/c1-8-21-17(3)24-14-26-19(5)23(10-11-30(43)47-13-12-42)34(40-26)32-33(37(45)46-7)36(44)31-20(6)27(41-35(31)32)16-29-22(9-2)18(4)25(39-29)15-28(21)38-24/h8,14-16,19,23,33,38-42H,1,9-13H2,2-7H3/b25-15-,26-14-,29-16-,34-32-/t19-,23-,33+/m0/s1. The van der Waals surface area contributed by atoms with E-state index >= 15 is 0 Å². The van der Waals surface area contributed by atoms with Crippen molar-refractivity contribution in [3.05, 3.63) is 84.8 Å². The van der Waals surface area contributed by atoms with Crippen LogP contribution in [0.25, 0.3) is 29.9 Å². The van der Waals surface area contributed by atoms with Crippen molar-refractivity contribution in [2.45, 2.75) is 53.9 Å². The van der Waals surface area contributed by atoms with Crippen LogP contribution < -0.4 is 16.0 Å². The third-order valence-corrected chi connectivity index (χ3v) is 10.1. The third kappa shape index (κ3) is 5.20. The van der Waals surface area contributed by atoms with E-state index in [0.29, 0.717) is 28.9 Å². The van der Waals surface area contributed by atoms with Crippen LogP contribution in [-0.4, -0.2) is 58.1 Å². The number of ketones is 1. The van der Waals surface area contributed by atoms with Gasteiger partial charge in [-0.3, -0.25) is 14.4 Å². The van der Waals surface area contributed by atoms with Crippen molar-refractivity contribution >= 4 is 47.6 Å². The molecule has 10 nitrogen and oxygen atoms in total. The molecule has 0 spiro atoms. The Kier molecular flexibility index (Phi) is 8.48. The van der Waals surface area contributed by atoms with Gasteiger partial charge in [-0.25, -0.2) is 0 Å². The molecule has 0 saturated carbocycles. The second kappa shape index (κ2) is 12.4.